The number of phosphoric acid groups is 2. The van der Waals surface area contributed by atoms with E-state index in [4.69, 9.17) is 37.0 Å². The van der Waals surface area contributed by atoms with Gasteiger partial charge in [-0.2, -0.15) is 0 Å². The quantitative estimate of drug-likeness (QED) is 0.0222. The normalized spacial score (nSPS) is 14.2. The number of phosphoric ester groups is 2. The molecule has 17 nitrogen and oxygen atoms in total. The van der Waals surface area contributed by atoms with Gasteiger partial charge in [0.2, 0.25) is 0 Å². The predicted octanol–water partition coefficient (Wildman–Crippen LogP) is 18.2. The highest BCUT2D eigenvalue weighted by Gasteiger charge is 2.30. The van der Waals surface area contributed by atoms with E-state index in [9.17, 15) is 43.2 Å². The van der Waals surface area contributed by atoms with Gasteiger partial charge in [0.05, 0.1) is 26.4 Å². The summed E-state index contributed by atoms with van der Waals surface area (Å²) in [6, 6.07) is 0. The second-order valence-electron chi connectivity index (χ2n) is 24.0. The van der Waals surface area contributed by atoms with Crippen molar-refractivity contribution in [3.8, 4) is 0 Å². The lowest BCUT2D eigenvalue weighted by atomic mass is 10.0. The van der Waals surface area contributed by atoms with Crippen molar-refractivity contribution in [3.05, 3.63) is 0 Å². The molecule has 0 spiro atoms. The summed E-state index contributed by atoms with van der Waals surface area (Å²) in [6.45, 7) is 7.17. The van der Waals surface area contributed by atoms with Crippen molar-refractivity contribution in [2.45, 2.75) is 348 Å². The van der Waals surface area contributed by atoms with Crippen LogP contribution < -0.4 is 0 Å². The van der Waals surface area contributed by atoms with Crippen LogP contribution in [0, 0.1) is 5.92 Å². The van der Waals surface area contributed by atoms with Gasteiger partial charge in [0.15, 0.2) is 12.2 Å². The Morgan fingerprint density at radius 2 is 0.548 bits per heavy atom. The van der Waals surface area contributed by atoms with E-state index in [1.165, 1.54) is 154 Å². The molecule has 0 amide bonds. The molecule has 2 unspecified atom stereocenters. The highest BCUT2D eigenvalue weighted by Crippen LogP contribution is 2.45. The first-order chi connectivity index (χ1) is 40.5. The summed E-state index contributed by atoms with van der Waals surface area (Å²) >= 11 is 0. The molecule has 3 N–H and O–H groups in total. The van der Waals surface area contributed by atoms with Gasteiger partial charge in [-0.3, -0.25) is 37.3 Å². The number of aliphatic hydroxyl groups excluding tert-OH is 1. The summed E-state index contributed by atoms with van der Waals surface area (Å²) in [5, 5.41) is 10.5. The zero-order valence-corrected chi connectivity index (χ0v) is 55.8. The van der Waals surface area contributed by atoms with Crippen LogP contribution in [0.2, 0.25) is 0 Å². The molecule has 0 fully saturated rings. The number of hydrogen-bond donors (Lipinski definition) is 3. The number of carbonyl (C=O) groups excluding carboxylic acids is 4. The first-order valence-electron chi connectivity index (χ1n) is 34.1. The van der Waals surface area contributed by atoms with Crippen LogP contribution in [0.15, 0.2) is 0 Å². The van der Waals surface area contributed by atoms with Crippen LogP contribution in [0.5, 0.6) is 0 Å². The Bertz CT molecular complexity index is 1640. The molecule has 0 aromatic rings. The number of aliphatic hydroxyl groups is 1. The molecule has 0 heterocycles. The van der Waals surface area contributed by atoms with Gasteiger partial charge in [0.1, 0.15) is 19.3 Å². The Kier molecular flexibility index (Phi) is 57.4. The van der Waals surface area contributed by atoms with E-state index in [1.54, 1.807) is 0 Å². The lowest BCUT2D eigenvalue weighted by Crippen LogP contribution is -2.30. The molecule has 0 bridgehead atoms. The van der Waals surface area contributed by atoms with Crippen LogP contribution in [0.25, 0.3) is 0 Å². The molecular weight excluding hydrogens is 1110 g/mol. The Morgan fingerprint density at radius 1 is 0.321 bits per heavy atom. The van der Waals surface area contributed by atoms with Crippen molar-refractivity contribution >= 4 is 39.5 Å². The number of hydrogen-bond acceptors (Lipinski definition) is 15. The topological polar surface area (TPSA) is 237 Å². The van der Waals surface area contributed by atoms with Gasteiger partial charge in [0, 0.05) is 25.7 Å². The van der Waals surface area contributed by atoms with E-state index < -0.39 is 97.5 Å². The van der Waals surface area contributed by atoms with Gasteiger partial charge in [0.25, 0.3) is 0 Å². The van der Waals surface area contributed by atoms with Gasteiger partial charge >= 0.3 is 39.5 Å². The molecular formula is C65H126O17P2. The van der Waals surface area contributed by atoms with E-state index in [2.05, 4.69) is 34.6 Å². The van der Waals surface area contributed by atoms with Crippen LogP contribution in [-0.2, 0) is 65.4 Å². The third kappa shape index (κ3) is 59.0. The summed E-state index contributed by atoms with van der Waals surface area (Å²) < 4.78 is 68.0. The van der Waals surface area contributed by atoms with Gasteiger partial charge in [-0.25, -0.2) is 9.13 Å². The summed E-state index contributed by atoms with van der Waals surface area (Å²) in [5.41, 5.74) is 0. The van der Waals surface area contributed by atoms with Crippen molar-refractivity contribution < 1.29 is 80.2 Å². The molecule has 0 aromatic carbocycles. The lowest BCUT2D eigenvalue weighted by molar-refractivity contribution is -0.161. The average molecular weight is 1240 g/mol. The molecule has 0 aliphatic heterocycles. The van der Waals surface area contributed by atoms with Crippen LogP contribution in [0.3, 0.4) is 0 Å². The highest BCUT2D eigenvalue weighted by atomic mass is 31.2. The first kappa shape index (κ1) is 82.1. The van der Waals surface area contributed by atoms with Gasteiger partial charge in [-0.05, 0) is 31.6 Å². The van der Waals surface area contributed by atoms with Gasteiger partial charge in [-0.1, -0.05) is 279 Å². The Balaban J connectivity index is 5.24. The lowest BCUT2D eigenvalue weighted by Gasteiger charge is -2.21. The number of rotatable bonds is 65. The molecule has 0 rings (SSSR count). The number of esters is 4. The van der Waals surface area contributed by atoms with E-state index in [0.717, 1.165) is 95.8 Å². The van der Waals surface area contributed by atoms with Crippen molar-refractivity contribution in [1.29, 1.82) is 0 Å². The fraction of sp³-hybridized carbons (Fsp3) is 0.938. The van der Waals surface area contributed by atoms with E-state index in [1.807, 2.05) is 0 Å². The molecule has 0 aromatic heterocycles. The zero-order valence-electron chi connectivity index (χ0n) is 54.0. The fourth-order valence-electron chi connectivity index (χ4n) is 9.76. The molecule has 0 saturated heterocycles. The first-order valence-corrected chi connectivity index (χ1v) is 37.1. The molecule has 0 saturated carbocycles. The number of ether oxygens (including phenoxy) is 4. The minimum absolute atomic E-state index is 0.106. The van der Waals surface area contributed by atoms with Crippen molar-refractivity contribution in [3.63, 3.8) is 0 Å². The molecule has 0 aliphatic carbocycles. The Hall–Kier alpha value is -1.94. The third-order valence-electron chi connectivity index (χ3n) is 15.0. The van der Waals surface area contributed by atoms with Crippen LogP contribution in [-0.4, -0.2) is 96.7 Å². The summed E-state index contributed by atoms with van der Waals surface area (Å²) in [4.78, 5) is 72.2. The van der Waals surface area contributed by atoms with Gasteiger partial charge < -0.3 is 33.8 Å². The van der Waals surface area contributed by atoms with Crippen molar-refractivity contribution in [1.82, 2.24) is 0 Å². The maximum atomic E-state index is 13.0. The predicted molar refractivity (Wildman–Crippen MR) is 335 cm³/mol. The van der Waals surface area contributed by atoms with Crippen LogP contribution in [0.1, 0.15) is 330 Å². The van der Waals surface area contributed by atoms with Crippen molar-refractivity contribution in [2.24, 2.45) is 5.92 Å². The smallest absolute Gasteiger partial charge is 0.462 e. The standard InChI is InChI=1S/C65H126O17P2/c1-6-9-12-15-18-21-24-25-30-34-39-44-49-63(68)76-55-61(82-65(70)51-46-41-36-31-26-27-32-37-42-47-58(4)5)57-80-84(73,74)78-53-59(66)52-77-83(71,72)79-56-60(81-64(69)50-45-40-35-29-23-20-17-14-11-8-3)54-75-62(67)48-43-38-33-28-22-19-16-13-10-7-2/h58-61,66H,6-57H2,1-5H3,(H,71,72)(H,73,74)/t59-,60+,61+/m0/s1. The number of unbranched alkanes of at least 4 members (excludes halogenated alkanes) is 37. The fourth-order valence-corrected chi connectivity index (χ4v) is 11.3. The highest BCUT2D eigenvalue weighted by molar-refractivity contribution is 7.47. The molecule has 0 radical (unpaired) electrons. The summed E-state index contributed by atoms with van der Waals surface area (Å²) in [7, 11) is -9.89. The largest absolute Gasteiger partial charge is 0.472 e. The molecule has 84 heavy (non-hydrogen) atoms. The second kappa shape index (κ2) is 58.7. The van der Waals surface area contributed by atoms with Gasteiger partial charge in [-0.15, -0.1) is 0 Å². The zero-order chi connectivity index (χ0) is 62.0. The second-order valence-corrected chi connectivity index (χ2v) is 26.9. The molecule has 0 aliphatic rings. The van der Waals surface area contributed by atoms with Crippen molar-refractivity contribution in [2.75, 3.05) is 39.6 Å². The maximum Gasteiger partial charge on any atom is 0.472 e. The monoisotopic (exact) mass is 1240 g/mol. The molecule has 5 atom stereocenters. The van der Waals surface area contributed by atoms with E-state index in [0.29, 0.717) is 25.7 Å². The minimum atomic E-state index is -4.94. The molecule has 19 heteroatoms. The SMILES string of the molecule is CCCCCCCCCCCCCCC(=O)OC[C@H](COP(=O)(O)OC[C@@H](O)COP(=O)(O)OC[C@@H](COC(=O)CCCCCCCCCCCC)OC(=O)CCCCCCCCCCCC)OC(=O)CCCCCCCCCCCC(C)C. The maximum absolute atomic E-state index is 13.0. The van der Waals surface area contributed by atoms with Crippen LogP contribution in [0.4, 0.5) is 0 Å². The Labute approximate surface area is 511 Å². The molecule has 498 valence electrons. The third-order valence-corrected chi connectivity index (χ3v) is 16.9. The van der Waals surface area contributed by atoms with E-state index >= 15 is 0 Å². The summed E-state index contributed by atoms with van der Waals surface area (Å²) in [6.07, 6.45) is 42.9. The minimum Gasteiger partial charge on any atom is -0.462 e. The summed E-state index contributed by atoms with van der Waals surface area (Å²) in [5.74, 6) is -1.39. The average Bonchev–Trinajstić information content (AvgIpc) is 3.60. The number of carbonyl (C=O) groups is 4. The van der Waals surface area contributed by atoms with E-state index in [-0.39, 0.29) is 25.7 Å². The van der Waals surface area contributed by atoms with Crippen LogP contribution >= 0.6 is 15.6 Å². The Morgan fingerprint density at radius 3 is 0.810 bits per heavy atom.